The number of halogens is 2. The Hall–Kier alpha value is -2.04. The summed E-state index contributed by atoms with van der Waals surface area (Å²) in [5, 5.41) is 7.39. The number of benzene rings is 2. The average molecular weight is 351 g/mol. The Labute approximate surface area is 145 Å². The van der Waals surface area contributed by atoms with Gasteiger partial charge in [-0.25, -0.2) is 0 Å². The highest BCUT2D eigenvalue weighted by Gasteiger charge is 2.15. The van der Waals surface area contributed by atoms with E-state index in [2.05, 4.69) is 10.5 Å². The zero-order chi connectivity index (χ0) is 16.8. The number of carbonyl (C=O) groups is 1. The van der Waals surface area contributed by atoms with Gasteiger partial charge in [0.15, 0.2) is 0 Å². The van der Waals surface area contributed by atoms with Gasteiger partial charge in [-0.3, -0.25) is 4.79 Å². The van der Waals surface area contributed by atoms with Gasteiger partial charge in [0.05, 0.1) is 16.9 Å². The van der Waals surface area contributed by atoms with E-state index in [0.717, 1.165) is 11.1 Å². The molecule has 0 aliphatic rings. The minimum Gasteiger partial charge on any atom is -0.383 e. The molecule has 120 valence electrons. The lowest BCUT2D eigenvalue weighted by Gasteiger charge is -2.11. The summed E-state index contributed by atoms with van der Waals surface area (Å²) >= 11 is 11.8. The SMILES string of the molecule is Cc1ccccc1/C=N\O[C@@H](C)C(=O)Nc1ccc(Cl)cc1Cl. The van der Waals surface area contributed by atoms with E-state index >= 15 is 0 Å². The lowest BCUT2D eigenvalue weighted by atomic mass is 10.1. The molecule has 0 unspecified atom stereocenters. The van der Waals surface area contributed by atoms with Crippen LogP contribution in [0.2, 0.25) is 10.0 Å². The smallest absolute Gasteiger partial charge is 0.268 e. The van der Waals surface area contributed by atoms with E-state index in [1.54, 1.807) is 31.3 Å². The molecule has 1 atom stereocenters. The van der Waals surface area contributed by atoms with Crippen molar-refractivity contribution in [3.05, 3.63) is 63.6 Å². The van der Waals surface area contributed by atoms with Crippen LogP contribution in [0, 0.1) is 6.92 Å². The van der Waals surface area contributed by atoms with Crippen LogP contribution in [0.1, 0.15) is 18.1 Å². The van der Waals surface area contributed by atoms with E-state index < -0.39 is 6.10 Å². The van der Waals surface area contributed by atoms with E-state index in [-0.39, 0.29) is 5.91 Å². The van der Waals surface area contributed by atoms with Crippen molar-refractivity contribution in [1.29, 1.82) is 0 Å². The van der Waals surface area contributed by atoms with Crippen molar-refractivity contribution >= 4 is 41.0 Å². The molecule has 6 heteroatoms. The summed E-state index contributed by atoms with van der Waals surface area (Å²) in [6, 6.07) is 12.6. The summed E-state index contributed by atoms with van der Waals surface area (Å²) < 4.78 is 0. The highest BCUT2D eigenvalue weighted by atomic mass is 35.5. The summed E-state index contributed by atoms with van der Waals surface area (Å²) in [6.07, 6.45) is 0.816. The molecule has 4 nitrogen and oxygen atoms in total. The Kier molecular flexibility index (Phi) is 6.02. The van der Waals surface area contributed by atoms with Gasteiger partial charge in [-0.05, 0) is 43.2 Å². The fraction of sp³-hybridized carbons (Fsp3) is 0.176. The number of nitrogens with zero attached hydrogens (tertiary/aromatic N) is 1. The molecule has 23 heavy (non-hydrogen) atoms. The lowest BCUT2D eigenvalue weighted by molar-refractivity contribution is -0.126. The van der Waals surface area contributed by atoms with Crippen molar-refractivity contribution in [1.82, 2.24) is 0 Å². The number of nitrogens with one attached hydrogen (secondary N) is 1. The third-order valence-electron chi connectivity index (χ3n) is 3.16. The number of anilines is 1. The Bertz CT molecular complexity index is 732. The van der Waals surface area contributed by atoms with Gasteiger partial charge in [0.2, 0.25) is 6.10 Å². The van der Waals surface area contributed by atoms with Gasteiger partial charge in [-0.2, -0.15) is 0 Å². The Balaban J connectivity index is 1.94. The van der Waals surface area contributed by atoms with Crippen LogP contribution in [0.25, 0.3) is 0 Å². The predicted octanol–water partition coefficient (Wildman–Crippen LogP) is 4.68. The minimum absolute atomic E-state index is 0.351. The number of amides is 1. The van der Waals surface area contributed by atoms with E-state index in [9.17, 15) is 4.79 Å². The molecule has 0 radical (unpaired) electrons. The first-order valence-corrected chi connectivity index (χ1v) is 7.73. The first kappa shape index (κ1) is 17.3. The number of oxime groups is 1. The van der Waals surface area contributed by atoms with Gasteiger partial charge in [0.1, 0.15) is 0 Å². The van der Waals surface area contributed by atoms with Crippen molar-refractivity contribution in [3.63, 3.8) is 0 Å². The maximum atomic E-state index is 12.1. The fourth-order valence-corrected chi connectivity index (χ4v) is 2.24. The van der Waals surface area contributed by atoms with Crippen LogP contribution >= 0.6 is 23.2 Å². The van der Waals surface area contributed by atoms with Crippen molar-refractivity contribution in [2.45, 2.75) is 20.0 Å². The number of rotatable bonds is 5. The molecule has 0 bridgehead atoms. The molecule has 0 saturated carbocycles. The normalized spacial score (nSPS) is 12.2. The lowest BCUT2D eigenvalue weighted by Crippen LogP contribution is -2.26. The van der Waals surface area contributed by atoms with Gasteiger partial charge in [-0.15, -0.1) is 0 Å². The van der Waals surface area contributed by atoms with E-state index in [1.807, 2.05) is 31.2 Å². The molecule has 0 spiro atoms. The van der Waals surface area contributed by atoms with Crippen LogP contribution in [-0.4, -0.2) is 18.2 Å². The third kappa shape index (κ3) is 4.98. The highest BCUT2D eigenvalue weighted by molar-refractivity contribution is 6.36. The quantitative estimate of drug-likeness (QED) is 0.628. The molecule has 2 aromatic rings. The summed E-state index contributed by atoms with van der Waals surface area (Å²) in [5.41, 5.74) is 2.48. The number of aryl methyl sites for hydroxylation is 1. The molecule has 1 N–H and O–H groups in total. The molecule has 2 rings (SSSR count). The van der Waals surface area contributed by atoms with Crippen LogP contribution in [0.15, 0.2) is 47.6 Å². The number of hydrogen-bond acceptors (Lipinski definition) is 3. The number of carbonyl (C=O) groups excluding carboxylic acids is 1. The van der Waals surface area contributed by atoms with Crippen LogP contribution in [0.4, 0.5) is 5.69 Å². The van der Waals surface area contributed by atoms with E-state index in [1.165, 1.54) is 0 Å². The van der Waals surface area contributed by atoms with Crippen LogP contribution in [-0.2, 0) is 9.63 Å². The van der Waals surface area contributed by atoms with Crippen LogP contribution in [0.3, 0.4) is 0 Å². The van der Waals surface area contributed by atoms with Gasteiger partial charge in [0.25, 0.3) is 5.91 Å². The Morgan fingerprint density at radius 1 is 1.26 bits per heavy atom. The second-order valence-electron chi connectivity index (χ2n) is 4.95. The minimum atomic E-state index is -0.762. The standard InChI is InChI=1S/C17H16Cl2N2O2/c1-11-5-3-4-6-13(11)10-20-23-12(2)17(22)21-16-8-7-14(18)9-15(16)19/h3-10,12H,1-2H3,(H,21,22)/b20-10-/t12-/m0/s1. The zero-order valence-corrected chi connectivity index (χ0v) is 14.2. The van der Waals surface area contributed by atoms with Gasteiger partial charge in [0, 0.05) is 5.02 Å². The molecule has 1 amide bonds. The van der Waals surface area contributed by atoms with Crippen molar-refractivity contribution < 1.29 is 9.63 Å². The fourth-order valence-electron chi connectivity index (χ4n) is 1.78. The molecule has 0 aliphatic heterocycles. The summed E-state index contributed by atoms with van der Waals surface area (Å²) in [7, 11) is 0. The summed E-state index contributed by atoms with van der Waals surface area (Å²) in [4.78, 5) is 17.2. The molecule has 0 fully saturated rings. The molecule has 0 aliphatic carbocycles. The van der Waals surface area contributed by atoms with Gasteiger partial charge >= 0.3 is 0 Å². The first-order valence-electron chi connectivity index (χ1n) is 6.98. The molecule has 0 aromatic heterocycles. The molecule has 2 aromatic carbocycles. The Morgan fingerprint density at radius 2 is 2.00 bits per heavy atom. The van der Waals surface area contributed by atoms with Crippen LogP contribution < -0.4 is 5.32 Å². The monoisotopic (exact) mass is 350 g/mol. The zero-order valence-electron chi connectivity index (χ0n) is 12.7. The van der Waals surface area contributed by atoms with Crippen molar-refractivity contribution in [2.24, 2.45) is 5.16 Å². The van der Waals surface area contributed by atoms with Crippen LogP contribution in [0.5, 0.6) is 0 Å². The predicted molar refractivity (Wildman–Crippen MR) is 94.4 cm³/mol. The van der Waals surface area contributed by atoms with Crippen molar-refractivity contribution in [2.75, 3.05) is 5.32 Å². The maximum absolute atomic E-state index is 12.1. The maximum Gasteiger partial charge on any atom is 0.268 e. The molecular weight excluding hydrogens is 335 g/mol. The third-order valence-corrected chi connectivity index (χ3v) is 3.71. The first-order chi connectivity index (χ1) is 11.0. The largest absolute Gasteiger partial charge is 0.383 e. The van der Waals surface area contributed by atoms with Gasteiger partial charge in [-0.1, -0.05) is 52.6 Å². The average Bonchev–Trinajstić information content (AvgIpc) is 2.51. The van der Waals surface area contributed by atoms with E-state index in [0.29, 0.717) is 15.7 Å². The topological polar surface area (TPSA) is 50.7 Å². The highest BCUT2D eigenvalue weighted by Crippen LogP contribution is 2.25. The molecule has 0 saturated heterocycles. The van der Waals surface area contributed by atoms with Crippen molar-refractivity contribution in [3.8, 4) is 0 Å². The van der Waals surface area contributed by atoms with Gasteiger partial charge < -0.3 is 10.2 Å². The van der Waals surface area contributed by atoms with E-state index in [4.69, 9.17) is 28.0 Å². The second-order valence-corrected chi connectivity index (χ2v) is 5.80. The Morgan fingerprint density at radius 3 is 2.70 bits per heavy atom. The molecule has 0 heterocycles. The summed E-state index contributed by atoms with van der Waals surface area (Å²) in [6.45, 7) is 3.58. The second kappa shape index (κ2) is 7.99. The number of hydrogen-bond donors (Lipinski definition) is 1. The molecular formula is C17H16Cl2N2O2. The summed E-state index contributed by atoms with van der Waals surface area (Å²) in [5.74, 6) is -0.351.